The third-order valence-electron chi connectivity index (χ3n) is 4.38. The number of pyridine rings is 1. The fraction of sp³-hybridized carbons (Fsp3) is 0.273. The van der Waals surface area contributed by atoms with Gasteiger partial charge in [-0.25, -0.2) is 9.97 Å². The van der Waals surface area contributed by atoms with E-state index in [0.717, 1.165) is 16.8 Å². The Morgan fingerprint density at radius 1 is 1.20 bits per heavy atom. The zero-order chi connectivity index (χ0) is 22.5. The fourth-order valence-electron chi connectivity index (χ4n) is 2.59. The molecular formula is C22H27ClN6O. The summed E-state index contributed by atoms with van der Waals surface area (Å²) in [5.74, 6) is -0.0267. The van der Waals surface area contributed by atoms with E-state index in [2.05, 4.69) is 26.8 Å². The molecule has 158 valence electrons. The number of amides is 1. The maximum absolute atomic E-state index is 11.3. The first-order valence-electron chi connectivity index (χ1n) is 9.33. The lowest BCUT2D eigenvalue weighted by atomic mass is 10.00. The number of primary amides is 1. The molecule has 0 aliphatic rings. The quantitative estimate of drug-likeness (QED) is 0.605. The maximum atomic E-state index is 11.3. The largest absolute Gasteiger partial charge is 0.366 e. The molecule has 3 N–H and O–H groups in total. The van der Waals surface area contributed by atoms with Crippen molar-refractivity contribution in [3.05, 3.63) is 77.3 Å². The molecule has 0 aliphatic carbocycles. The summed E-state index contributed by atoms with van der Waals surface area (Å²) < 4.78 is 0. The van der Waals surface area contributed by atoms with Gasteiger partial charge in [-0.3, -0.25) is 9.78 Å². The van der Waals surface area contributed by atoms with Crippen molar-refractivity contribution in [3.8, 4) is 0 Å². The molecule has 2 heterocycles. The minimum atomic E-state index is -0.557. The maximum Gasteiger partial charge on any atom is 0.245 e. The van der Waals surface area contributed by atoms with Gasteiger partial charge in [-0.05, 0) is 52.3 Å². The van der Waals surface area contributed by atoms with E-state index in [1.165, 1.54) is 0 Å². The van der Waals surface area contributed by atoms with Crippen LogP contribution in [0.3, 0.4) is 0 Å². The molecule has 0 saturated heterocycles. The summed E-state index contributed by atoms with van der Waals surface area (Å²) in [7, 11) is 0. The van der Waals surface area contributed by atoms with Crippen LogP contribution in [-0.4, -0.2) is 25.8 Å². The van der Waals surface area contributed by atoms with Crippen molar-refractivity contribution in [1.29, 1.82) is 0 Å². The minimum absolute atomic E-state index is 0.424. The molecule has 0 radical (unpaired) electrons. The first-order valence-corrected chi connectivity index (χ1v) is 9.71. The van der Waals surface area contributed by atoms with Gasteiger partial charge in [-0.1, -0.05) is 18.2 Å². The van der Waals surface area contributed by atoms with Gasteiger partial charge in [-0.2, -0.15) is 0 Å². The number of halogens is 1. The number of aromatic nitrogens is 3. The van der Waals surface area contributed by atoms with Gasteiger partial charge >= 0.3 is 0 Å². The van der Waals surface area contributed by atoms with E-state index < -0.39 is 11.4 Å². The van der Waals surface area contributed by atoms with Gasteiger partial charge in [-0.15, -0.1) is 0 Å². The molecule has 0 bridgehead atoms. The summed E-state index contributed by atoms with van der Waals surface area (Å²) in [5.41, 5.74) is 8.36. The zero-order valence-corrected chi connectivity index (χ0v) is 18.7. The predicted octanol–water partition coefficient (Wildman–Crippen LogP) is 4.46. The van der Waals surface area contributed by atoms with Crippen molar-refractivity contribution in [3.63, 3.8) is 0 Å². The Morgan fingerprint density at radius 2 is 1.83 bits per heavy atom. The van der Waals surface area contributed by atoms with Gasteiger partial charge in [0.05, 0.1) is 16.3 Å². The molecule has 2 rings (SSSR count). The van der Waals surface area contributed by atoms with Crippen molar-refractivity contribution in [2.75, 3.05) is 5.32 Å². The summed E-state index contributed by atoms with van der Waals surface area (Å²) in [5, 5.41) is 3.84. The lowest BCUT2D eigenvalue weighted by Gasteiger charge is -2.26. The average Bonchev–Trinajstić information content (AvgIpc) is 2.67. The summed E-state index contributed by atoms with van der Waals surface area (Å²) in [6.07, 6.45) is 8.63. The number of rotatable bonds is 8. The van der Waals surface area contributed by atoms with E-state index in [4.69, 9.17) is 17.3 Å². The Kier molecular flexibility index (Phi) is 7.34. The van der Waals surface area contributed by atoms with E-state index in [1.807, 2.05) is 33.9 Å². The predicted molar refractivity (Wildman–Crippen MR) is 121 cm³/mol. The van der Waals surface area contributed by atoms with E-state index in [0.29, 0.717) is 22.2 Å². The average molecular weight is 427 g/mol. The highest BCUT2D eigenvalue weighted by molar-refractivity contribution is 6.31. The Hall–Kier alpha value is -3.19. The molecule has 0 fully saturated rings. The van der Waals surface area contributed by atoms with Crippen molar-refractivity contribution in [2.45, 2.75) is 40.2 Å². The monoisotopic (exact) mass is 426 g/mol. The van der Waals surface area contributed by atoms with Crippen molar-refractivity contribution in [2.24, 2.45) is 5.73 Å². The van der Waals surface area contributed by atoms with Gasteiger partial charge in [0.25, 0.3) is 0 Å². The van der Waals surface area contributed by atoms with Crippen LogP contribution >= 0.6 is 11.6 Å². The SMILES string of the molecule is C=C(C)N(/C=C(\C)C(N)=O)/C=C(\C)c1cnc(NC(C)(C)c2ncccc2Cl)nc1. The highest BCUT2D eigenvalue weighted by Crippen LogP contribution is 2.28. The summed E-state index contributed by atoms with van der Waals surface area (Å²) in [6.45, 7) is 13.3. The lowest BCUT2D eigenvalue weighted by Crippen LogP contribution is -2.30. The Balaban J connectivity index is 2.23. The van der Waals surface area contributed by atoms with Crippen molar-refractivity contribution in [1.82, 2.24) is 19.9 Å². The normalized spacial score (nSPS) is 12.5. The van der Waals surface area contributed by atoms with Crippen LogP contribution in [0.5, 0.6) is 0 Å². The van der Waals surface area contributed by atoms with Gasteiger partial charge in [0, 0.05) is 47.8 Å². The second kappa shape index (κ2) is 9.54. The minimum Gasteiger partial charge on any atom is -0.366 e. The Morgan fingerprint density at radius 3 is 2.37 bits per heavy atom. The summed E-state index contributed by atoms with van der Waals surface area (Å²) in [4.78, 5) is 26.3. The number of carbonyl (C=O) groups is 1. The molecule has 1 amide bonds. The van der Waals surface area contributed by atoms with Crippen LogP contribution in [0.4, 0.5) is 5.95 Å². The Bertz CT molecular complexity index is 995. The number of allylic oxidation sites excluding steroid dienone is 2. The van der Waals surface area contributed by atoms with Crippen LogP contribution < -0.4 is 11.1 Å². The number of carbonyl (C=O) groups excluding carboxylic acids is 1. The first-order chi connectivity index (χ1) is 14.0. The third kappa shape index (κ3) is 5.90. The number of nitrogens with two attached hydrogens (primary N) is 1. The molecule has 2 aromatic heterocycles. The second-order valence-electron chi connectivity index (χ2n) is 7.51. The number of nitrogens with one attached hydrogen (secondary N) is 1. The van der Waals surface area contributed by atoms with E-state index in [-0.39, 0.29) is 0 Å². The van der Waals surface area contributed by atoms with Gasteiger partial charge < -0.3 is 16.0 Å². The Labute approximate surface area is 182 Å². The van der Waals surface area contributed by atoms with E-state index in [1.54, 1.807) is 48.7 Å². The van der Waals surface area contributed by atoms with Crippen LogP contribution in [-0.2, 0) is 10.3 Å². The van der Waals surface area contributed by atoms with E-state index in [9.17, 15) is 4.79 Å². The van der Waals surface area contributed by atoms with E-state index >= 15 is 0 Å². The summed E-state index contributed by atoms with van der Waals surface area (Å²) >= 11 is 6.28. The molecule has 0 aromatic carbocycles. The first kappa shape index (κ1) is 23.1. The zero-order valence-electron chi connectivity index (χ0n) is 17.9. The molecule has 8 heteroatoms. The molecule has 0 atom stereocenters. The number of anilines is 1. The third-order valence-corrected chi connectivity index (χ3v) is 4.68. The van der Waals surface area contributed by atoms with Crippen molar-refractivity contribution < 1.29 is 4.79 Å². The fourth-order valence-corrected chi connectivity index (χ4v) is 2.95. The van der Waals surface area contributed by atoms with Crippen LogP contribution in [0, 0.1) is 0 Å². The number of hydrogen-bond donors (Lipinski definition) is 2. The molecule has 30 heavy (non-hydrogen) atoms. The standard InChI is InChI=1S/C22H27ClN6O/c1-14(2)29(13-16(4)20(24)30)12-15(3)17-10-26-21(27-11-17)28-22(5,6)19-18(23)8-7-9-25-19/h7-13H,1H2,2-6H3,(H2,24,30)(H,26,27,28)/b15-12+,16-13+. The van der Waals surface area contributed by atoms with Crippen LogP contribution in [0.15, 0.2) is 61.0 Å². The van der Waals surface area contributed by atoms with Crippen molar-refractivity contribution >= 4 is 29.0 Å². The van der Waals surface area contributed by atoms with Crippen LogP contribution in [0.25, 0.3) is 5.57 Å². The molecule has 2 aromatic rings. The highest BCUT2D eigenvalue weighted by Gasteiger charge is 2.25. The topological polar surface area (TPSA) is 97.0 Å². The summed E-state index contributed by atoms with van der Waals surface area (Å²) in [6, 6.07) is 3.59. The molecule has 7 nitrogen and oxygen atoms in total. The van der Waals surface area contributed by atoms with Crippen LogP contribution in [0.1, 0.15) is 45.9 Å². The molecule has 0 unspecified atom stereocenters. The molecule has 0 spiro atoms. The van der Waals surface area contributed by atoms with Gasteiger partial charge in [0.1, 0.15) is 0 Å². The smallest absolute Gasteiger partial charge is 0.245 e. The molecular weight excluding hydrogens is 400 g/mol. The number of nitrogens with zero attached hydrogens (tertiary/aromatic N) is 4. The van der Waals surface area contributed by atoms with Gasteiger partial charge in [0.15, 0.2) is 0 Å². The molecule has 0 saturated carbocycles. The second-order valence-corrected chi connectivity index (χ2v) is 7.92. The lowest BCUT2D eigenvalue weighted by molar-refractivity contribution is -0.114. The molecule has 0 aliphatic heterocycles. The van der Waals surface area contributed by atoms with Gasteiger partial charge in [0.2, 0.25) is 11.9 Å². The highest BCUT2D eigenvalue weighted by atomic mass is 35.5. The number of hydrogen-bond acceptors (Lipinski definition) is 6. The van der Waals surface area contributed by atoms with Crippen LogP contribution in [0.2, 0.25) is 5.02 Å².